The lowest BCUT2D eigenvalue weighted by Gasteiger charge is -2.18. The van der Waals surface area contributed by atoms with Crippen LogP contribution in [0.15, 0.2) is 42.5 Å². The molecule has 1 N–H and O–H groups in total. The van der Waals surface area contributed by atoms with E-state index in [-0.39, 0.29) is 30.9 Å². The molecular weight excluding hydrogens is 394 g/mol. The topological polar surface area (TPSA) is 71.1 Å². The Bertz CT molecular complexity index is 940. The molecule has 0 spiro atoms. The molecule has 1 fully saturated rings. The van der Waals surface area contributed by atoms with E-state index in [1.165, 1.54) is 5.56 Å². The van der Waals surface area contributed by atoms with Gasteiger partial charge in [0.05, 0.1) is 5.92 Å². The van der Waals surface area contributed by atoms with Gasteiger partial charge < -0.3 is 19.7 Å². The predicted molar refractivity (Wildman–Crippen MR) is 118 cm³/mol. The number of nitrogens with zero attached hydrogens (tertiary/aromatic N) is 2. The fourth-order valence-electron chi connectivity index (χ4n) is 3.99. The smallest absolute Gasteiger partial charge is 0.231 e. The van der Waals surface area contributed by atoms with Gasteiger partial charge in [0, 0.05) is 37.8 Å². The monoisotopic (exact) mass is 423 g/mol. The summed E-state index contributed by atoms with van der Waals surface area (Å²) in [6.07, 6.45) is 0.211. The van der Waals surface area contributed by atoms with Gasteiger partial charge in [0.15, 0.2) is 11.5 Å². The zero-order valence-corrected chi connectivity index (χ0v) is 18.1. The summed E-state index contributed by atoms with van der Waals surface area (Å²) in [6.45, 7) is 8.32. The number of anilines is 1. The molecule has 1 atom stereocenters. The Hall–Kier alpha value is -3.06. The summed E-state index contributed by atoms with van der Waals surface area (Å²) in [5, 5.41) is 2.98. The lowest BCUT2D eigenvalue weighted by atomic mass is 10.1. The molecule has 0 aliphatic carbocycles. The number of nitrogens with one attached hydrogen (secondary N) is 1. The van der Waals surface area contributed by atoms with Crippen LogP contribution in [0.2, 0.25) is 0 Å². The molecule has 7 heteroatoms. The zero-order valence-electron chi connectivity index (χ0n) is 18.1. The number of fused-ring (bicyclic) bond motifs is 1. The molecule has 2 heterocycles. The average Bonchev–Trinajstić information content (AvgIpc) is 3.42. The van der Waals surface area contributed by atoms with E-state index < -0.39 is 0 Å². The zero-order chi connectivity index (χ0) is 21.8. The van der Waals surface area contributed by atoms with Crippen LogP contribution in [-0.4, -0.2) is 43.1 Å². The lowest BCUT2D eigenvalue weighted by Crippen LogP contribution is -2.32. The summed E-state index contributed by atoms with van der Waals surface area (Å²) in [4.78, 5) is 29.2. The highest BCUT2D eigenvalue weighted by molar-refractivity contribution is 6.00. The average molecular weight is 424 g/mol. The largest absolute Gasteiger partial charge is 0.454 e. The van der Waals surface area contributed by atoms with Gasteiger partial charge in [-0.25, -0.2) is 0 Å². The molecule has 0 aromatic heterocycles. The van der Waals surface area contributed by atoms with Crippen molar-refractivity contribution in [1.82, 2.24) is 10.2 Å². The minimum absolute atomic E-state index is 0.0558. The quantitative estimate of drug-likeness (QED) is 0.707. The summed E-state index contributed by atoms with van der Waals surface area (Å²) >= 11 is 0. The van der Waals surface area contributed by atoms with E-state index in [0.717, 1.165) is 30.9 Å². The second-order valence-corrected chi connectivity index (χ2v) is 7.94. The molecule has 31 heavy (non-hydrogen) atoms. The van der Waals surface area contributed by atoms with Crippen molar-refractivity contribution < 1.29 is 19.1 Å². The molecule has 2 aromatic rings. The normalized spacial score (nSPS) is 17.5. The third-order valence-electron chi connectivity index (χ3n) is 5.95. The molecule has 1 unspecified atom stereocenters. The second-order valence-electron chi connectivity index (χ2n) is 7.94. The SMILES string of the molecule is CCN(CC)Cc1ccc(CNC(=O)C2CC(=O)N(c3ccc4c(c3)OCO4)C2)cc1. The molecule has 0 saturated carbocycles. The van der Waals surface area contributed by atoms with Crippen LogP contribution in [0.4, 0.5) is 5.69 Å². The highest BCUT2D eigenvalue weighted by Gasteiger charge is 2.35. The Balaban J connectivity index is 1.31. The van der Waals surface area contributed by atoms with Crippen LogP contribution in [0.1, 0.15) is 31.4 Å². The van der Waals surface area contributed by atoms with Gasteiger partial charge in [0.1, 0.15) is 0 Å². The van der Waals surface area contributed by atoms with Crippen molar-refractivity contribution in [3.05, 3.63) is 53.6 Å². The van der Waals surface area contributed by atoms with Crippen molar-refractivity contribution in [3.8, 4) is 11.5 Å². The number of hydrogen-bond acceptors (Lipinski definition) is 5. The van der Waals surface area contributed by atoms with Crippen molar-refractivity contribution >= 4 is 17.5 Å². The Morgan fingerprint density at radius 1 is 1.06 bits per heavy atom. The third-order valence-corrected chi connectivity index (χ3v) is 5.95. The van der Waals surface area contributed by atoms with E-state index >= 15 is 0 Å². The first-order chi connectivity index (χ1) is 15.1. The van der Waals surface area contributed by atoms with E-state index in [1.54, 1.807) is 17.0 Å². The van der Waals surface area contributed by atoms with Crippen molar-refractivity contribution in [2.45, 2.75) is 33.4 Å². The summed E-state index contributed by atoms with van der Waals surface area (Å²) in [5.41, 5.74) is 3.04. The van der Waals surface area contributed by atoms with Gasteiger partial charge in [-0.15, -0.1) is 0 Å². The van der Waals surface area contributed by atoms with Crippen LogP contribution >= 0.6 is 0 Å². The summed E-state index contributed by atoms with van der Waals surface area (Å²) in [5.74, 6) is 0.791. The van der Waals surface area contributed by atoms with Gasteiger partial charge in [-0.3, -0.25) is 14.5 Å². The van der Waals surface area contributed by atoms with E-state index in [9.17, 15) is 9.59 Å². The Labute approximate surface area is 182 Å². The Morgan fingerprint density at radius 3 is 2.52 bits per heavy atom. The van der Waals surface area contributed by atoms with Crippen molar-refractivity contribution in [3.63, 3.8) is 0 Å². The lowest BCUT2D eigenvalue weighted by molar-refractivity contribution is -0.126. The van der Waals surface area contributed by atoms with Crippen molar-refractivity contribution in [1.29, 1.82) is 0 Å². The number of benzene rings is 2. The van der Waals surface area contributed by atoms with Gasteiger partial charge in [0.25, 0.3) is 0 Å². The molecule has 164 valence electrons. The van der Waals surface area contributed by atoms with Crippen LogP contribution < -0.4 is 19.7 Å². The number of ether oxygens (including phenoxy) is 2. The van der Waals surface area contributed by atoms with Gasteiger partial charge in [-0.05, 0) is 36.3 Å². The van der Waals surface area contributed by atoms with E-state index in [1.807, 2.05) is 6.07 Å². The molecule has 0 bridgehead atoms. The van der Waals surface area contributed by atoms with Crippen molar-refractivity contribution in [2.24, 2.45) is 5.92 Å². The number of hydrogen-bond donors (Lipinski definition) is 1. The van der Waals surface area contributed by atoms with E-state index in [0.29, 0.717) is 24.6 Å². The summed E-state index contributed by atoms with van der Waals surface area (Å²) < 4.78 is 10.7. The predicted octanol–water partition coefficient (Wildman–Crippen LogP) is 2.93. The van der Waals surface area contributed by atoms with Crippen LogP contribution in [0.3, 0.4) is 0 Å². The Kier molecular flexibility index (Phi) is 6.42. The standard InChI is InChI=1S/C24H29N3O4/c1-3-26(4-2)14-18-7-5-17(6-8-18)13-25-24(29)19-11-23(28)27(15-19)20-9-10-21-22(12-20)31-16-30-21/h5-10,12,19H,3-4,11,13-16H2,1-2H3,(H,25,29). The van der Waals surface area contributed by atoms with Gasteiger partial charge in [-0.1, -0.05) is 38.1 Å². The number of carbonyl (C=O) groups is 2. The molecule has 1 saturated heterocycles. The second kappa shape index (κ2) is 9.39. The first kappa shape index (κ1) is 21.2. The maximum absolute atomic E-state index is 12.7. The van der Waals surface area contributed by atoms with Crippen molar-refractivity contribution in [2.75, 3.05) is 31.3 Å². The minimum Gasteiger partial charge on any atom is -0.454 e. The number of amides is 2. The fourth-order valence-corrected chi connectivity index (χ4v) is 3.99. The molecule has 2 amide bonds. The first-order valence-corrected chi connectivity index (χ1v) is 10.8. The molecule has 7 nitrogen and oxygen atoms in total. The third kappa shape index (κ3) is 4.82. The Morgan fingerprint density at radius 2 is 1.77 bits per heavy atom. The molecule has 2 aliphatic rings. The summed E-state index contributed by atoms with van der Waals surface area (Å²) in [7, 11) is 0. The van der Waals surface area contributed by atoms with Crippen LogP contribution in [-0.2, 0) is 22.7 Å². The highest BCUT2D eigenvalue weighted by atomic mass is 16.7. The maximum Gasteiger partial charge on any atom is 0.231 e. The van der Waals surface area contributed by atoms with Crippen LogP contribution in [0, 0.1) is 5.92 Å². The molecular formula is C24H29N3O4. The number of carbonyl (C=O) groups excluding carboxylic acids is 2. The van der Waals surface area contributed by atoms with Crippen LogP contribution in [0.25, 0.3) is 0 Å². The molecule has 2 aliphatic heterocycles. The molecule has 0 radical (unpaired) electrons. The summed E-state index contributed by atoms with van der Waals surface area (Å²) in [6, 6.07) is 13.7. The van der Waals surface area contributed by atoms with Gasteiger partial charge in [-0.2, -0.15) is 0 Å². The molecule has 2 aromatic carbocycles. The van der Waals surface area contributed by atoms with Gasteiger partial charge in [0.2, 0.25) is 18.6 Å². The highest BCUT2D eigenvalue weighted by Crippen LogP contribution is 2.37. The first-order valence-electron chi connectivity index (χ1n) is 10.8. The van der Waals surface area contributed by atoms with E-state index in [4.69, 9.17) is 9.47 Å². The maximum atomic E-state index is 12.7. The number of rotatable bonds is 8. The molecule has 4 rings (SSSR count). The van der Waals surface area contributed by atoms with Crippen LogP contribution in [0.5, 0.6) is 11.5 Å². The van der Waals surface area contributed by atoms with Gasteiger partial charge >= 0.3 is 0 Å². The fraction of sp³-hybridized carbons (Fsp3) is 0.417. The minimum atomic E-state index is -0.361. The van der Waals surface area contributed by atoms with E-state index in [2.05, 4.69) is 48.3 Å².